The SMILES string of the molecule is CC/C=C\C/C=C\C/C=C\C/C=C\CCCCCCCCCCCCCCCCCCCCCCC(=O)OCC(COC(=O)CCCCCCC/C=C\CCCCCCCCC)OC(=O)CCCCCCC/C=C\C/C=C\CCCCCC. The van der Waals surface area contributed by atoms with Crippen LogP contribution in [-0.2, 0) is 28.6 Å². The third-order valence-corrected chi connectivity index (χ3v) is 15.9. The van der Waals surface area contributed by atoms with Crippen molar-refractivity contribution in [1.82, 2.24) is 0 Å². The van der Waals surface area contributed by atoms with Crippen LogP contribution in [0.25, 0.3) is 0 Å². The second kappa shape index (κ2) is 71.1. The average molecular weight is 1160 g/mol. The van der Waals surface area contributed by atoms with Gasteiger partial charge in [-0.25, -0.2) is 0 Å². The Balaban J connectivity index is 4.19. The molecule has 6 nitrogen and oxygen atoms in total. The first-order chi connectivity index (χ1) is 41.0. The molecule has 6 heteroatoms. The van der Waals surface area contributed by atoms with E-state index < -0.39 is 6.10 Å². The van der Waals surface area contributed by atoms with Gasteiger partial charge in [-0.05, 0) is 116 Å². The molecule has 0 amide bonds. The minimum absolute atomic E-state index is 0.0804. The highest BCUT2D eigenvalue weighted by Crippen LogP contribution is 2.18. The van der Waals surface area contributed by atoms with Gasteiger partial charge in [-0.15, -0.1) is 0 Å². The van der Waals surface area contributed by atoms with Crippen molar-refractivity contribution in [1.29, 1.82) is 0 Å². The van der Waals surface area contributed by atoms with Gasteiger partial charge in [-0.1, -0.05) is 318 Å². The van der Waals surface area contributed by atoms with Gasteiger partial charge in [0.05, 0.1) is 0 Å². The summed E-state index contributed by atoms with van der Waals surface area (Å²) < 4.78 is 17.0. The molecular formula is C77H136O6. The number of unbranched alkanes of at least 4 members (excludes halogenated alkanes) is 41. The fourth-order valence-electron chi connectivity index (χ4n) is 10.5. The molecule has 0 aliphatic heterocycles. The van der Waals surface area contributed by atoms with Gasteiger partial charge in [0, 0.05) is 19.3 Å². The van der Waals surface area contributed by atoms with Crippen LogP contribution in [0.15, 0.2) is 85.1 Å². The average Bonchev–Trinajstić information content (AvgIpc) is 3.49. The van der Waals surface area contributed by atoms with E-state index in [2.05, 4.69) is 106 Å². The topological polar surface area (TPSA) is 78.9 Å². The fourth-order valence-corrected chi connectivity index (χ4v) is 10.5. The first-order valence-electron chi connectivity index (χ1n) is 36.1. The van der Waals surface area contributed by atoms with E-state index in [4.69, 9.17) is 14.2 Å². The third kappa shape index (κ3) is 69.3. The number of esters is 3. The first-order valence-corrected chi connectivity index (χ1v) is 36.1. The number of hydrogen-bond acceptors (Lipinski definition) is 6. The summed E-state index contributed by atoms with van der Waals surface area (Å²) in [5.41, 5.74) is 0. The summed E-state index contributed by atoms with van der Waals surface area (Å²) in [6, 6.07) is 0. The molecule has 0 heterocycles. The molecule has 0 bridgehead atoms. The van der Waals surface area contributed by atoms with Crippen molar-refractivity contribution in [3.05, 3.63) is 85.1 Å². The number of allylic oxidation sites excluding steroid dienone is 14. The highest BCUT2D eigenvalue weighted by molar-refractivity contribution is 5.71. The highest BCUT2D eigenvalue weighted by Gasteiger charge is 2.19. The quantitative estimate of drug-likeness (QED) is 0.0261. The van der Waals surface area contributed by atoms with Crippen LogP contribution in [0.1, 0.15) is 367 Å². The lowest BCUT2D eigenvalue weighted by Gasteiger charge is -2.18. The lowest BCUT2D eigenvalue weighted by molar-refractivity contribution is -0.167. The Morgan fingerprint density at radius 3 is 0.759 bits per heavy atom. The summed E-state index contributed by atoms with van der Waals surface area (Å²) in [5, 5.41) is 0. The van der Waals surface area contributed by atoms with Crippen LogP contribution in [0.4, 0.5) is 0 Å². The lowest BCUT2D eigenvalue weighted by atomic mass is 10.0. The molecule has 0 radical (unpaired) electrons. The summed E-state index contributed by atoms with van der Waals surface area (Å²) in [5.74, 6) is -0.882. The maximum absolute atomic E-state index is 12.9. The fraction of sp³-hybridized carbons (Fsp3) is 0.779. The molecule has 480 valence electrons. The Hall–Kier alpha value is -3.41. The molecule has 0 aromatic heterocycles. The predicted octanol–water partition coefficient (Wildman–Crippen LogP) is 25.0. The van der Waals surface area contributed by atoms with Crippen LogP contribution in [-0.4, -0.2) is 37.2 Å². The summed E-state index contributed by atoms with van der Waals surface area (Å²) in [7, 11) is 0. The van der Waals surface area contributed by atoms with Gasteiger partial charge in [0.15, 0.2) is 6.10 Å². The van der Waals surface area contributed by atoms with Crippen molar-refractivity contribution in [3.63, 3.8) is 0 Å². The van der Waals surface area contributed by atoms with E-state index in [1.165, 1.54) is 212 Å². The second-order valence-electron chi connectivity index (χ2n) is 24.1. The van der Waals surface area contributed by atoms with Crippen molar-refractivity contribution in [2.75, 3.05) is 13.2 Å². The van der Waals surface area contributed by atoms with E-state index in [1.807, 2.05) is 0 Å². The number of hydrogen-bond donors (Lipinski definition) is 0. The standard InChI is InChI=1S/C77H136O6/c1-4-7-10-13-16-19-22-25-28-31-32-33-34-35-36-37-38-39-40-41-42-43-44-45-46-47-50-52-55-58-61-64-67-70-76(79)82-73-74(83-77(80)71-68-65-62-59-56-53-49-30-27-24-21-18-15-12-9-6-3)72-81-75(78)69-66-63-60-57-54-51-48-29-26-23-20-17-14-11-8-5-2/h7,10,16,19,21,24-25,28-30,32-33,48-49,74H,4-6,8-9,11-15,17-18,20,22-23,26-27,31,34-47,50-73H2,1-3H3/b10-7-,19-16-,24-21-,28-25-,33-32-,48-29-,49-30-. The molecule has 0 aliphatic rings. The number of ether oxygens (including phenoxy) is 3. The molecule has 0 saturated heterocycles. The summed E-state index contributed by atoms with van der Waals surface area (Å²) >= 11 is 0. The van der Waals surface area contributed by atoms with Crippen LogP contribution in [0.2, 0.25) is 0 Å². The van der Waals surface area contributed by atoms with Crippen LogP contribution in [0.3, 0.4) is 0 Å². The molecule has 0 spiro atoms. The zero-order valence-electron chi connectivity index (χ0n) is 55.2. The van der Waals surface area contributed by atoms with E-state index in [9.17, 15) is 14.4 Å². The van der Waals surface area contributed by atoms with Crippen molar-refractivity contribution in [2.24, 2.45) is 0 Å². The summed E-state index contributed by atoms with van der Waals surface area (Å²) in [6.45, 7) is 6.54. The van der Waals surface area contributed by atoms with Gasteiger partial charge in [-0.3, -0.25) is 14.4 Å². The first kappa shape index (κ1) is 79.6. The van der Waals surface area contributed by atoms with Gasteiger partial charge in [0.25, 0.3) is 0 Å². The molecule has 1 unspecified atom stereocenters. The van der Waals surface area contributed by atoms with Gasteiger partial charge in [-0.2, -0.15) is 0 Å². The molecule has 0 rings (SSSR count). The van der Waals surface area contributed by atoms with E-state index in [0.717, 1.165) is 116 Å². The molecule has 0 fully saturated rings. The predicted molar refractivity (Wildman–Crippen MR) is 362 cm³/mol. The number of carbonyl (C=O) groups is 3. The molecule has 0 aromatic rings. The smallest absolute Gasteiger partial charge is 0.306 e. The van der Waals surface area contributed by atoms with E-state index in [0.29, 0.717) is 19.3 Å². The largest absolute Gasteiger partial charge is 0.462 e. The van der Waals surface area contributed by atoms with Crippen molar-refractivity contribution >= 4 is 17.9 Å². The van der Waals surface area contributed by atoms with Crippen molar-refractivity contribution in [2.45, 2.75) is 374 Å². The minimum atomic E-state index is -0.786. The van der Waals surface area contributed by atoms with Gasteiger partial charge >= 0.3 is 17.9 Å². The molecular weight excluding hydrogens is 1020 g/mol. The summed E-state index contributed by atoms with van der Waals surface area (Å²) in [4.78, 5) is 38.4. The Morgan fingerprint density at radius 2 is 0.470 bits per heavy atom. The maximum atomic E-state index is 12.9. The van der Waals surface area contributed by atoms with E-state index in [-0.39, 0.29) is 31.1 Å². The second-order valence-corrected chi connectivity index (χ2v) is 24.1. The van der Waals surface area contributed by atoms with Gasteiger partial charge in [0.1, 0.15) is 13.2 Å². The zero-order chi connectivity index (χ0) is 59.9. The van der Waals surface area contributed by atoms with Crippen molar-refractivity contribution < 1.29 is 28.6 Å². The Bertz CT molecular complexity index is 1570. The Kier molecular flexibility index (Phi) is 68.2. The van der Waals surface area contributed by atoms with Crippen LogP contribution in [0.5, 0.6) is 0 Å². The van der Waals surface area contributed by atoms with Crippen LogP contribution in [0, 0.1) is 0 Å². The molecule has 0 saturated carbocycles. The van der Waals surface area contributed by atoms with Crippen LogP contribution < -0.4 is 0 Å². The summed E-state index contributed by atoms with van der Waals surface area (Å²) in [6.07, 6.45) is 94.8. The minimum Gasteiger partial charge on any atom is -0.462 e. The highest BCUT2D eigenvalue weighted by atomic mass is 16.6. The third-order valence-electron chi connectivity index (χ3n) is 15.9. The molecule has 1 atom stereocenters. The number of carbonyl (C=O) groups excluding carboxylic acids is 3. The molecule has 0 N–H and O–H groups in total. The van der Waals surface area contributed by atoms with Gasteiger partial charge in [0.2, 0.25) is 0 Å². The van der Waals surface area contributed by atoms with Crippen molar-refractivity contribution in [3.8, 4) is 0 Å². The van der Waals surface area contributed by atoms with E-state index in [1.54, 1.807) is 0 Å². The molecule has 83 heavy (non-hydrogen) atoms. The Morgan fingerprint density at radius 1 is 0.253 bits per heavy atom. The lowest BCUT2D eigenvalue weighted by Crippen LogP contribution is -2.30. The molecule has 0 aliphatic carbocycles. The van der Waals surface area contributed by atoms with Crippen LogP contribution >= 0.6 is 0 Å². The number of rotatable bonds is 66. The molecule has 0 aromatic carbocycles. The maximum Gasteiger partial charge on any atom is 0.306 e. The zero-order valence-corrected chi connectivity index (χ0v) is 55.2. The normalized spacial score (nSPS) is 12.6. The van der Waals surface area contributed by atoms with E-state index >= 15 is 0 Å². The Labute approximate surface area is 515 Å². The van der Waals surface area contributed by atoms with Gasteiger partial charge < -0.3 is 14.2 Å². The monoisotopic (exact) mass is 1160 g/mol.